The molecule has 1 aliphatic carbocycles. The van der Waals surface area contributed by atoms with Gasteiger partial charge >= 0.3 is 5.97 Å². The molecule has 2 aliphatic rings. The van der Waals surface area contributed by atoms with Gasteiger partial charge in [-0.1, -0.05) is 6.42 Å². The van der Waals surface area contributed by atoms with E-state index in [1.165, 1.54) is 6.42 Å². The van der Waals surface area contributed by atoms with E-state index >= 15 is 0 Å². The molecule has 1 heterocycles. The maximum absolute atomic E-state index is 12.2. The van der Waals surface area contributed by atoms with Crippen LogP contribution in [0.1, 0.15) is 32.6 Å². The van der Waals surface area contributed by atoms with Gasteiger partial charge in [-0.05, 0) is 26.2 Å². The third-order valence-electron chi connectivity index (χ3n) is 4.01. The molecule has 0 aromatic heterocycles. The SMILES string of the molecule is CCOC(=O)CN1CCCN(C(=O)C2CCC2)CC1. The Morgan fingerprint density at radius 1 is 1.11 bits per heavy atom. The van der Waals surface area contributed by atoms with Crippen LogP contribution in [0.2, 0.25) is 0 Å². The van der Waals surface area contributed by atoms with E-state index in [-0.39, 0.29) is 11.9 Å². The zero-order chi connectivity index (χ0) is 13.7. The van der Waals surface area contributed by atoms with Gasteiger partial charge < -0.3 is 9.64 Å². The average molecular weight is 268 g/mol. The van der Waals surface area contributed by atoms with E-state index in [0.717, 1.165) is 45.4 Å². The van der Waals surface area contributed by atoms with Crippen LogP contribution in [0, 0.1) is 5.92 Å². The van der Waals surface area contributed by atoms with Crippen LogP contribution in [0.3, 0.4) is 0 Å². The van der Waals surface area contributed by atoms with E-state index in [0.29, 0.717) is 19.1 Å². The topological polar surface area (TPSA) is 49.9 Å². The summed E-state index contributed by atoms with van der Waals surface area (Å²) in [5.41, 5.74) is 0. The van der Waals surface area contributed by atoms with Gasteiger partial charge in [0.25, 0.3) is 0 Å². The first kappa shape index (κ1) is 14.3. The minimum atomic E-state index is -0.165. The number of carbonyl (C=O) groups excluding carboxylic acids is 2. The predicted molar refractivity (Wildman–Crippen MR) is 71.6 cm³/mol. The molecular formula is C14H24N2O3. The zero-order valence-electron chi connectivity index (χ0n) is 11.8. The van der Waals surface area contributed by atoms with Crippen LogP contribution in [-0.2, 0) is 14.3 Å². The van der Waals surface area contributed by atoms with E-state index in [2.05, 4.69) is 4.90 Å². The summed E-state index contributed by atoms with van der Waals surface area (Å²) < 4.78 is 4.96. The standard InChI is InChI=1S/C14H24N2O3/c1-2-19-13(17)11-15-7-4-8-16(10-9-15)14(18)12-5-3-6-12/h12H,2-11H2,1H3. The van der Waals surface area contributed by atoms with Crippen molar-refractivity contribution in [2.75, 3.05) is 39.3 Å². The lowest BCUT2D eigenvalue weighted by molar-refractivity contribution is -0.144. The Labute approximate surface area is 114 Å². The van der Waals surface area contributed by atoms with Crippen molar-refractivity contribution in [1.29, 1.82) is 0 Å². The molecule has 5 heteroatoms. The largest absolute Gasteiger partial charge is 0.465 e. The van der Waals surface area contributed by atoms with Crippen molar-refractivity contribution in [3.8, 4) is 0 Å². The van der Waals surface area contributed by atoms with Crippen molar-refractivity contribution >= 4 is 11.9 Å². The van der Waals surface area contributed by atoms with Crippen LogP contribution in [0.25, 0.3) is 0 Å². The predicted octanol–water partition coefficient (Wildman–Crippen LogP) is 0.884. The van der Waals surface area contributed by atoms with Gasteiger partial charge in [-0.25, -0.2) is 0 Å². The van der Waals surface area contributed by atoms with E-state index < -0.39 is 0 Å². The van der Waals surface area contributed by atoms with Crippen molar-refractivity contribution in [3.05, 3.63) is 0 Å². The summed E-state index contributed by atoms with van der Waals surface area (Å²) in [5.74, 6) is 0.433. The molecule has 5 nitrogen and oxygen atoms in total. The Bertz CT molecular complexity index is 329. The van der Waals surface area contributed by atoms with Gasteiger partial charge in [0.05, 0.1) is 13.2 Å². The molecular weight excluding hydrogens is 244 g/mol. The smallest absolute Gasteiger partial charge is 0.320 e. The minimum Gasteiger partial charge on any atom is -0.465 e. The van der Waals surface area contributed by atoms with E-state index in [4.69, 9.17) is 4.74 Å². The van der Waals surface area contributed by atoms with Crippen LogP contribution in [-0.4, -0.2) is 61.0 Å². The van der Waals surface area contributed by atoms with Crippen molar-refractivity contribution in [1.82, 2.24) is 9.80 Å². The van der Waals surface area contributed by atoms with Crippen LogP contribution in [0.15, 0.2) is 0 Å². The molecule has 0 aromatic carbocycles. The molecule has 1 aliphatic heterocycles. The molecule has 0 unspecified atom stereocenters. The second kappa shape index (κ2) is 6.89. The average Bonchev–Trinajstić information content (AvgIpc) is 2.52. The molecule has 0 bridgehead atoms. The second-order valence-corrected chi connectivity index (χ2v) is 5.39. The second-order valence-electron chi connectivity index (χ2n) is 5.39. The quantitative estimate of drug-likeness (QED) is 0.710. The fraction of sp³-hybridized carbons (Fsp3) is 0.857. The molecule has 0 atom stereocenters. The lowest BCUT2D eigenvalue weighted by Gasteiger charge is -2.31. The van der Waals surface area contributed by atoms with Gasteiger partial charge in [0, 0.05) is 32.1 Å². The van der Waals surface area contributed by atoms with Gasteiger partial charge in [0.2, 0.25) is 5.91 Å². The maximum Gasteiger partial charge on any atom is 0.320 e. The summed E-state index contributed by atoms with van der Waals surface area (Å²) in [4.78, 5) is 27.7. The van der Waals surface area contributed by atoms with Gasteiger partial charge in [0.1, 0.15) is 0 Å². The molecule has 0 radical (unpaired) electrons. The van der Waals surface area contributed by atoms with Gasteiger partial charge in [-0.2, -0.15) is 0 Å². The van der Waals surface area contributed by atoms with Crippen molar-refractivity contribution < 1.29 is 14.3 Å². The Hall–Kier alpha value is -1.10. The van der Waals surface area contributed by atoms with Crippen molar-refractivity contribution in [2.24, 2.45) is 5.92 Å². The number of hydrogen-bond acceptors (Lipinski definition) is 4. The van der Waals surface area contributed by atoms with E-state index in [1.807, 2.05) is 11.8 Å². The maximum atomic E-state index is 12.2. The Morgan fingerprint density at radius 3 is 2.53 bits per heavy atom. The summed E-state index contributed by atoms with van der Waals surface area (Å²) in [7, 11) is 0. The molecule has 1 saturated heterocycles. The number of carbonyl (C=O) groups is 2. The monoisotopic (exact) mass is 268 g/mol. The number of nitrogens with zero attached hydrogens (tertiary/aromatic N) is 2. The summed E-state index contributed by atoms with van der Waals surface area (Å²) in [6.45, 7) is 5.81. The molecule has 108 valence electrons. The number of rotatable bonds is 4. The summed E-state index contributed by atoms with van der Waals surface area (Å²) >= 11 is 0. The van der Waals surface area contributed by atoms with Crippen LogP contribution in [0.5, 0.6) is 0 Å². The number of hydrogen-bond donors (Lipinski definition) is 0. The first-order valence-electron chi connectivity index (χ1n) is 7.37. The minimum absolute atomic E-state index is 0.165. The lowest BCUT2D eigenvalue weighted by atomic mass is 9.84. The van der Waals surface area contributed by atoms with Crippen LogP contribution >= 0.6 is 0 Å². The molecule has 0 aromatic rings. The third-order valence-corrected chi connectivity index (χ3v) is 4.01. The van der Waals surface area contributed by atoms with Gasteiger partial charge in [-0.15, -0.1) is 0 Å². The highest BCUT2D eigenvalue weighted by molar-refractivity contribution is 5.79. The van der Waals surface area contributed by atoms with E-state index in [9.17, 15) is 9.59 Å². The Balaban J connectivity index is 1.77. The van der Waals surface area contributed by atoms with E-state index in [1.54, 1.807) is 0 Å². The summed E-state index contributed by atoms with van der Waals surface area (Å²) in [5, 5.41) is 0. The first-order chi connectivity index (χ1) is 9.20. The molecule has 0 N–H and O–H groups in total. The highest BCUT2D eigenvalue weighted by Crippen LogP contribution is 2.28. The summed E-state index contributed by atoms with van der Waals surface area (Å²) in [6.07, 6.45) is 4.25. The zero-order valence-corrected chi connectivity index (χ0v) is 11.8. The normalized spacial score (nSPS) is 21.6. The van der Waals surface area contributed by atoms with Crippen molar-refractivity contribution in [2.45, 2.75) is 32.6 Å². The summed E-state index contributed by atoms with van der Waals surface area (Å²) in [6, 6.07) is 0. The molecule has 1 amide bonds. The van der Waals surface area contributed by atoms with Crippen molar-refractivity contribution in [3.63, 3.8) is 0 Å². The first-order valence-corrected chi connectivity index (χ1v) is 7.37. The third kappa shape index (κ3) is 3.93. The molecule has 2 fully saturated rings. The fourth-order valence-electron chi connectivity index (χ4n) is 2.65. The van der Waals surface area contributed by atoms with Crippen LogP contribution < -0.4 is 0 Å². The van der Waals surface area contributed by atoms with Gasteiger partial charge in [0.15, 0.2) is 0 Å². The Kier molecular flexibility index (Phi) is 5.19. The number of ether oxygens (including phenoxy) is 1. The molecule has 2 rings (SSSR count). The number of amides is 1. The molecule has 1 saturated carbocycles. The molecule has 19 heavy (non-hydrogen) atoms. The van der Waals surface area contributed by atoms with Gasteiger partial charge in [-0.3, -0.25) is 14.5 Å². The molecule has 0 spiro atoms. The lowest BCUT2D eigenvalue weighted by Crippen LogP contribution is -2.41. The Morgan fingerprint density at radius 2 is 1.89 bits per heavy atom. The highest BCUT2D eigenvalue weighted by Gasteiger charge is 2.30. The fourth-order valence-corrected chi connectivity index (χ4v) is 2.65. The highest BCUT2D eigenvalue weighted by atomic mass is 16.5. The van der Waals surface area contributed by atoms with Crippen LogP contribution in [0.4, 0.5) is 0 Å². The number of esters is 1.